The predicted octanol–water partition coefficient (Wildman–Crippen LogP) is 4.07. The molecule has 4 nitrogen and oxygen atoms in total. The monoisotopic (exact) mass is 356 g/mol. The van der Waals surface area contributed by atoms with Crippen LogP contribution in [0.5, 0.6) is 5.75 Å². The molecule has 4 heteroatoms. The normalized spacial score (nSPS) is 40.2. The first-order valence-corrected chi connectivity index (χ1v) is 10.1. The highest BCUT2D eigenvalue weighted by Crippen LogP contribution is 2.67. The third kappa shape index (κ3) is 2.20. The Balaban J connectivity index is 1.48. The molecule has 0 radical (unpaired) electrons. The zero-order valence-electron chi connectivity index (χ0n) is 15.7. The first kappa shape index (κ1) is 16.6. The van der Waals surface area contributed by atoms with Gasteiger partial charge >= 0.3 is 5.97 Å². The maximum Gasteiger partial charge on any atom is 0.304 e. The van der Waals surface area contributed by atoms with E-state index in [-0.39, 0.29) is 17.7 Å². The highest BCUT2D eigenvalue weighted by molar-refractivity contribution is 5.66. The fraction of sp³-hybridized carbons (Fsp3) is 0.682. The van der Waals surface area contributed by atoms with Gasteiger partial charge in [0.15, 0.2) is 0 Å². The largest absolute Gasteiger partial charge is 0.497 e. The average molecular weight is 356 g/mol. The molecule has 6 atom stereocenters. The van der Waals surface area contributed by atoms with Gasteiger partial charge in [0.25, 0.3) is 0 Å². The summed E-state index contributed by atoms with van der Waals surface area (Å²) in [6.45, 7) is 2.27. The van der Waals surface area contributed by atoms with Crippen molar-refractivity contribution in [3.8, 4) is 5.75 Å². The molecule has 1 aromatic carbocycles. The third-order valence-corrected chi connectivity index (χ3v) is 7.86. The van der Waals surface area contributed by atoms with Crippen LogP contribution < -0.4 is 4.74 Å². The molecule has 1 aliphatic heterocycles. The van der Waals surface area contributed by atoms with Gasteiger partial charge in [-0.25, -0.2) is 0 Å². The molecule has 4 aliphatic rings. The van der Waals surface area contributed by atoms with Crippen LogP contribution in [0.1, 0.15) is 56.1 Å². The van der Waals surface area contributed by atoms with Crippen LogP contribution in [0.4, 0.5) is 0 Å². The predicted molar refractivity (Wildman–Crippen MR) is 96.9 cm³/mol. The lowest BCUT2D eigenvalue weighted by molar-refractivity contribution is -0.199. The van der Waals surface area contributed by atoms with Gasteiger partial charge in [-0.05, 0) is 85.5 Å². The number of methoxy groups -OCH3 is 1. The van der Waals surface area contributed by atoms with Crippen LogP contribution in [0.3, 0.4) is 0 Å². The summed E-state index contributed by atoms with van der Waals surface area (Å²) in [5.41, 5.74) is 3.06. The minimum Gasteiger partial charge on any atom is -0.497 e. The first-order chi connectivity index (χ1) is 12.6. The van der Waals surface area contributed by atoms with Crippen molar-refractivity contribution in [1.29, 1.82) is 0 Å². The fourth-order valence-corrected chi connectivity index (χ4v) is 6.90. The molecule has 3 fully saturated rings. The van der Waals surface area contributed by atoms with Crippen molar-refractivity contribution >= 4 is 5.97 Å². The Labute approximate surface area is 155 Å². The van der Waals surface area contributed by atoms with Gasteiger partial charge in [0.05, 0.1) is 13.7 Å². The van der Waals surface area contributed by atoms with E-state index in [9.17, 15) is 4.79 Å². The second-order valence-corrected chi connectivity index (χ2v) is 8.68. The number of carbonyl (C=O) groups is 1. The van der Waals surface area contributed by atoms with E-state index in [2.05, 4.69) is 18.2 Å². The van der Waals surface area contributed by atoms with Gasteiger partial charge in [0, 0.05) is 12.3 Å². The molecule has 0 N–H and O–H groups in total. The van der Waals surface area contributed by atoms with E-state index < -0.39 is 0 Å². The molecule has 1 aromatic rings. The second kappa shape index (κ2) is 5.98. The Hall–Kier alpha value is -1.55. The van der Waals surface area contributed by atoms with E-state index in [4.69, 9.17) is 14.2 Å². The van der Waals surface area contributed by atoms with Crippen LogP contribution >= 0.6 is 0 Å². The molecule has 1 saturated heterocycles. The van der Waals surface area contributed by atoms with Gasteiger partial charge in [0.1, 0.15) is 5.75 Å². The second-order valence-electron chi connectivity index (χ2n) is 8.68. The summed E-state index contributed by atoms with van der Waals surface area (Å²) >= 11 is 0. The van der Waals surface area contributed by atoms with Gasteiger partial charge in [-0.2, -0.15) is 0 Å². The Morgan fingerprint density at radius 1 is 1.23 bits per heavy atom. The number of rotatable bonds is 2. The molecule has 2 saturated carbocycles. The quantitative estimate of drug-likeness (QED) is 0.750. The molecule has 0 bridgehead atoms. The van der Waals surface area contributed by atoms with E-state index in [1.165, 1.54) is 43.7 Å². The lowest BCUT2D eigenvalue weighted by atomic mass is 9.53. The molecule has 140 valence electrons. The Morgan fingerprint density at radius 2 is 2.12 bits per heavy atom. The highest BCUT2D eigenvalue weighted by Gasteiger charge is 2.65. The molecule has 5 rings (SSSR count). The molecule has 3 aliphatic carbocycles. The van der Waals surface area contributed by atoms with Crippen molar-refractivity contribution in [1.82, 2.24) is 0 Å². The van der Waals surface area contributed by atoms with Crippen molar-refractivity contribution in [3.63, 3.8) is 0 Å². The van der Waals surface area contributed by atoms with Crippen LogP contribution in [0.2, 0.25) is 0 Å². The number of benzene rings is 1. The zero-order valence-corrected chi connectivity index (χ0v) is 15.7. The number of esters is 1. The molecule has 26 heavy (non-hydrogen) atoms. The molecular formula is C22H28O4. The summed E-state index contributed by atoms with van der Waals surface area (Å²) < 4.78 is 17.1. The van der Waals surface area contributed by atoms with Gasteiger partial charge in [0.2, 0.25) is 6.29 Å². The van der Waals surface area contributed by atoms with Crippen LogP contribution in [0, 0.1) is 23.2 Å². The summed E-state index contributed by atoms with van der Waals surface area (Å²) in [5, 5.41) is 0. The standard InChI is InChI=1S/C22H28O4/c1-13(23)26-21-22-10-9-18-17-7-5-16(24-2)11-14(17)3-6-19(18)20(22)8-4-15(22)12-25-21/h5,7,11,15,18-21H,3-4,6,8-10,12H2,1-2H3/t15-,18-,19-,20+,21?,22+/m1/s1. The smallest absolute Gasteiger partial charge is 0.304 e. The topological polar surface area (TPSA) is 44.8 Å². The third-order valence-electron chi connectivity index (χ3n) is 7.86. The molecule has 1 heterocycles. The lowest BCUT2D eigenvalue weighted by Crippen LogP contribution is -2.49. The number of carbonyl (C=O) groups excluding carboxylic acids is 1. The molecule has 0 amide bonds. The summed E-state index contributed by atoms with van der Waals surface area (Å²) in [7, 11) is 1.74. The van der Waals surface area contributed by atoms with Crippen LogP contribution in [-0.2, 0) is 20.7 Å². The summed E-state index contributed by atoms with van der Waals surface area (Å²) in [6, 6.07) is 6.64. The van der Waals surface area contributed by atoms with Gasteiger partial charge in [-0.1, -0.05) is 6.07 Å². The van der Waals surface area contributed by atoms with Crippen LogP contribution in [0.15, 0.2) is 18.2 Å². The lowest BCUT2D eigenvalue weighted by Gasteiger charge is -2.51. The fourth-order valence-electron chi connectivity index (χ4n) is 6.90. The molecular weight excluding hydrogens is 328 g/mol. The average Bonchev–Trinajstić information content (AvgIpc) is 3.17. The minimum atomic E-state index is -0.323. The SMILES string of the molecule is COc1ccc2c(c1)CC[C@@H]1[C@@H]2CC[C@]23C(OC(C)=O)OC[C@H]2CC[C@@H]13. The zero-order chi connectivity index (χ0) is 17.9. The molecule has 1 unspecified atom stereocenters. The van der Waals surface area contributed by atoms with Gasteiger partial charge in [-0.15, -0.1) is 0 Å². The van der Waals surface area contributed by atoms with Gasteiger partial charge in [-0.3, -0.25) is 4.79 Å². The number of ether oxygens (including phenoxy) is 3. The minimum absolute atomic E-state index is 0.0663. The van der Waals surface area contributed by atoms with Crippen molar-refractivity contribution < 1.29 is 19.0 Å². The van der Waals surface area contributed by atoms with Crippen molar-refractivity contribution in [3.05, 3.63) is 29.3 Å². The summed E-state index contributed by atoms with van der Waals surface area (Å²) in [5.74, 6) is 3.27. The van der Waals surface area contributed by atoms with Crippen LogP contribution in [0.25, 0.3) is 0 Å². The van der Waals surface area contributed by atoms with E-state index in [1.807, 2.05) is 0 Å². The summed E-state index contributed by atoms with van der Waals surface area (Å²) in [6.07, 6.45) is 6.82. The van der Waals surface area contributed by atoms with Crippen molar-refractivity contribution in [2.75, 3.05) is 13.7 Å². The number of hydrogen-bond donors (Lipinski definition) is 0. The Morgan fingerprint density at radius 3 is 2.92 bits per heavy atom. The van der Waals surface area contributed by atoms with E-state index in [1.54, 1.807) is 7.11 Å². The summed E-state index contributed by atoms with van der Waals surface area (Å²) in [4.78, 5) is 11.7. The van der Waals surface area contributed by atoms with Crippen molar-refractivity contribution in [2.24, 2.45) is 23.2 Å². The van der Waals surface area contributed by atoms with E-state index in [0.29, 0.717) is 23.7 Å². The number of fused-ring (bicyclic) bond motifs is 4. The number of hydrogen-bond acceptors (Lipinski definition) is 4. The Kier molecular flexibility index (Phi) is 3.82. The molecule has 0 aromatic heterocycles. The maximum atomic E-state index is 11.7. The Bertz CT molecular complexity index is 729. The highest BCUT2D eigenvalue weighted by atomic mass is 16.7. The first-order valence-electron chi connectivity index (χ1n) is 10.1. The maximum absolute atomic E-state index is 11.7. The van der Waals surface area contributed by atoms with E-state index >= 15 is 0 Å². The molecule has 1 spiro atoms. The van der Waals surface area contributed by atoms with Gasteiger partial charge < -0.3 is 14.2 Å². The van der Waals surface area contributed by atoms with Crippen LogP contribution in [-0.4, -0.2) is 26.0 Å². The van der Waals surface area contributed by atoms with Crippen molar-refractivity contribution in [2.45, 2.75) is 57.7 Å². The number of aryl methyl sites for hydroxylation is 1. The van der Waals surface area contributed by atoms with E-state index in [0.717, 1.165) is 25.2 Å².